The monoisotopic (exact) mass is 276 g/mol. The number of ketones is 1. The minimum atomic E-state index is -0.730. The summed E-state index contributed by atoms with van der Waals surface area (Å²) in [4.78, 5) is 23.1. The van der Waals surface area contributed by atoms with Crippen molar-refractivity contribution in [1.29, 1.82) is 0 Å². The van der Waals surface area contributed by atoms with Gasteiger partial charge in [-0.25, -0.2) is 4.79 Å². The molecule has 0 radical (unpaired) electrons. The second-order valence-corrected chi connectivity index (χ2v) is 5.47. The molecule has 0 saturated heterocycles. The van der Waals surface area contributed by atoms with Crippen LogP contribution < -0.4 is 10.6 Å². The summed E-state index contributed by atoms with van der Waals surface area (Å²) in [5.74, 6) is 0.00528. The Morgan fingerprint density at radius 1 is 1.35 bits per heavy atom. The number of aryl methyl sites for hydroxylation is 1. The molecule has 1 fully saturated rings. The molecule has 20 heavy (non-hydrogen) atoms. The summed E-state index contributed by atoms with van der Waals surface area (Å²) in [6.45, 7) is 3.61. The molecule has 1 saturated carbocycles. The van der Waals surface area contributed by atoms with E-state index in [2.05, 4.69) is 10.6 Å². The van der Waals surface area contributed by atoms with Crippen molar-refractivity contribution in [2.45, 2.75) is 38.7 Å². The number of carbonyl (C=O) groups excluding carboxylic acids is 2. The largest absolute Gasteiger partial charge is 0.388 e. The van der Waals surface area contributed by atoms with E-state index in [1.165, 1.54) is 6.92 Å². The van der Waals surface area contributed by atoms with Crippen LogP contribution in [0.3, 0.4) is 0 Å². The van der Waals surface area contributed by atoms with Gasteiger partial charge < -0.3 is 15.7 Å². The van der Waals surface area contributed by atoms with Crippen LogP contribution in [0.1, 0.15) is 42.1 Å². The van der Waals surface area contributed by atoms with Crippen LogP contribution in [0.25, 0.3) is 0 Å². The van der Waals surface area contributed by atoms with Crippen LogP contribution in [0, 0.1) is 6.92 Å². The molecule has 2 rings (SSSR count). The van der Waals surface area contributed by atoms with E-state index in [1.807, 2.05) is 6.92 Å². The first-order chi connectivity index (χ1) is 9.39. The number of rotatable bonds is 4. The first kappa shape index (κ1) is 14.5. The van der Waals surface area contributed by atoms with Crippen LogP contribution in [0.15, 0.2) is 18.2 Å². The Kier molecular flexibility index (Phi) is 4.09. The quantitative estimate of drug-likeness (QED) is 0.738. The van der Waals surface area contributed by atoms with Crippen molar-refractivity contribution in [3.63, 3.8) is 0 Å². The maximum Gasteiger partial charge on any atom is 0.319 e. The van der Waals surface area contributed by atoms with Gasteiger partial charge in [-0.1, -0.05) is 0 Å². The molecule has 0 unspecified atom stereocenters. The van der Waals surface area contributed by atoms with Crippen LogP contribution in [0.5, 0.6) is 0 Å². The predicted octanol–water partition coefficient (Wildman–Crippen LogP) is 2.23. The van der Waals surface area contributed by atoms with E-state index in [-0.39, 0.29) is 18.4 Å². The lowest BCUT2D eigenvalue weighted by atomic mass is 9.80. The fourth-order valence-corrected chi connectivity index (χ4v) is 2.32. The molecule has 1 aliphatic rings. The summed E-state index contributed by atoms with van der Waals surface area (Å²) >= 11 is 0. The molecule has 5 nitrogen and oxygen atoms in total. The van der Waals surface area contributed by atoms with Crippen molar-refractivity contribution >= 4 is 17.5 Å². The van der Waals surface area contributed by atoms with Crippen molar-refractivity contribution in [1.82, 2.24) is 5.32 Å². The van der Waals surface area contributed by atoms with Crippen molar-refractivity contribution < 1.29 is 14.7 Å². The molecule has 1 aromatic carbocycles. The molecule has 2 amide bonds. The lowest BCUT2D eigenvalue weighted by Gasteiger charge is -2.36. The van der Waals surface area contributed by atoms with Gasteiger partial charge in [0.1, 0.15) is 0 Å². The lowest BCUT2D eigenvalue weighted by molar-refractivity contribution is -0.0287. The third kappa shape index (κ3) is 3.36. The molecule has 1 aromatic rings. The van der Waals surface area contributed by atoms with E-state index >= 15 is 0 Å². The van der Waals surface area contributed by atoms with Crippen LogP contribution in [0.2, 0.25) is 0 Å². The van der Waals surface area contributed by atoms with Crippen LogP contribution in [-0.4, -0.2) is 29.1 Å². The first-order valence-electron chi connectivity index (χ1n) is 6.78. The maximum atomic E-state index is 11.7. The molecular formula is C15H20N2O3. The van der Waals surface area contributed by atoms with Crippen LogP contribution >= 0.6 is 0 Å². The molecule has 0 bridgehead atoms. The van der Waals surface area contributed by atoms with Crippen LogP contribution in [0.4, 0.5) is 10.5 Å². The average molecular weight is 276 g/mol. The van der Waals surface area contributed by atoms with Crippen molar-refractivity contribution in [3.05, 3.63) is 29.3 Å². The third-order valence-corrected chi connectivity index (χ3v) is 3.73. The Hall–Kier alpha value is -1.88. The standard InChI is InChI=1S/C15H20N2O3/c1-10-8-12(4-5-13(10)11(2)18)17-14(19)16-9-15(20)6-3-7-15/h4-5,8,20H,3,6-7,9H2,1-2H3,(H2,16,17,19). The first-order valence-corrected chi connectivity index (χ1v) is 6.78. The van der Waals surface area contributed by atoms with Gasteiger partial charge in [0.2, 0.25) is 0 Å². The zero-order valence-electron chi connectivity index (χ0n) is 11.8. The number of hydrogen-bond donors (Lipinski definition) is 3. The van der Waals surface area contributed by atoms with Gasteiger partial charge in [-0.3, -0.25) is 4.79 Å². The Labute approximate surface area is 118 Å². The zero-order chi connectivity index (χ0) is 14.8. The van der Waals surface area contributed by atoms with Crippen LogP contribution in [-0.2, 0) is 0 Å². The molecule has 0 aliphatic heterocycles. The summed E-state index contributed by atoms with van der Waals surface area (Å²) in [6, 6.07) is 4.81. The molecule has 108 valence electrons. The number of benzene rings is 1. The van der Waals surface area contributed by atoms with E-state index in [1.54, 1.807) is 18.2 Å². The van der Waals surface area contributed by atoms with Gasteiger partial charge >= 0.3 is 6.03 Å². The number of aliphatic hydroxyl groups is 1. The number of urea groups is 1. The molecular weight excluding hydrogens is 256 g/mol. The number of nitrogens with one attached hydrogen (secondary N) is 2. The summed E-state index contributed by atoms with van der Waals surface area (Å²) in [7, 11) is 0. The topological polar surface area (TPSA) is 78.4 Å². The molecule has 3 N–H and O–H groups in total. The van der Waals surface area contributed by atoms with Gasteiger partial charge in [-0.15, -0.1) is 0 Å². The van der Waals surface area contributed by atoms with Crippen molar-refractivity contribution in [3.8, 4) is 0 Å². The number of Topliss-reactive ketones (excluding diaryl/α,β-unsaturated/α-hetero) is 1. The molecule has 1 aliphatic carbocycles. The van der Waals surface area contributed by atoms with Gasteiger partial charge in [0.15, 0.2) is 5.78 Å². The van der Waals surface area contributed by atoms with Gasteiger partial charge in [-0.05, 0) is 56.9 Å². The second kappa shape index (κ2) is 5.63. The Bertz CT molecular complexity index is 536. The predicted molar refractivity (Wildman–Crippen MR) is 77.0 cm³/mol. The lowest BCUT2D eigenvalue weighted by Crippen LogP contribution is -2.48. The second-order valence-electron chi connectivity index (χ2n) is 5.47. The fraction of sp³-hybridized carbons (Fsp3) is 0.467. The molecule has 0 heterocycles. The minimum Gasteiger partial charge on any atom is -0.388 e. The fourth-order valence-electron chi connectivity index (χ4n) is 2.32. The normalized spacial score (nSPS) is 16.1. The third-order valence-electron chi connectivity index (χ3n) is 3.73. The van der Waals surface area contributed by atoms with Gasteiger partial charge in [0.25, 0.3) is 0 Å². The van der Waals surface area contributed by atoms with Crippen molar-refractivity contribution in [2.24, 2.45) is 0 Å². The zero-order valence-corrected chi connectivity index (χ0v) is 11.8. The average Bonchev–Trinajstić information content (AvgIpc) is 2.33. The van der Waals surface area contributed by atoms with E-state index < -0.39 is 5.60 Å². The Balaban J connectivity index is 1.91. The number of amides is 2. The highest BCUT2D eigenvalue weighted by Gasteiger charge is 2.34. The molecule has 0 spiro atoms. The highest BCUT2D eigenvalue weighted by Crippen LogP contribution is 2.30. The van der Waals surface area contributed by atoms with E-state index in [0.29, 0.717) is 11.3 Å². The highest BCUT2D eigenvalue weighted by atomic mass is 16.3. The van der Waals surface area contributed by atoms with Gasteiger partial charge in [0.05, 0.1) is 5.60 Å². The molecule has 0 aromatic heterocycles. The van der Waals surface area contributed by atoms with Gasteiger partial charge in [0, 0.05) is 17.8 Å². The highest BCUT2D eigenvalue weighted by molar-refractivity contribution is 5.96. The number of hydrogen-bond acceptors (Lipinski definition) is 3. The summed E-state index contributed by atoms with van der Waals surface area (Å²) in [5, 5.41) is 15.2. The summed E-state index contributed by atoms with van der Waals surface area (Å²) < 4.78 is 0. The van der Waals surface area contributed by atoms with Gasteiger partial charge in [-0.2, -0.15) is 0 Å². The van der Waals surface area contributed by atoms with Crippen molar-refractivity contribution in [2.75, 3.05) is 11.9 Å². The number of carbonyl (C=O) groups is 2. The Morgan fingerprint density at radius 2 is 2.05 bits per heavy atom. The number of anilines is 1. The smallest absolute Gasteiger partial charge is 0.319 e. The summed E-state index contributed by atoms with van der Waals surface area (Å²) in [6.07, 6.45) is 2.48. The van der Waals surface area contributed by atoms with E-state index in [0.717, 1.165) is 24.8 Å². The minimum absolute atomic E-state index is 0.00528. The van der Waals surface area contributed by atoms with E-state index in [4.69, 9.17) is 0 Å². The SMILES string of the molecule is CC(=O)c1ccc(NC(=O)NCC2(O)CCC2)cc1C. The maximum absolute atomic E-state index is 11.7. The molecule has 5 heteroatoms. The van der Waals surface area contributed by atoms with E-state index in [9.17, 15) is 14.7 Å². The Morgan fingerprint density at radius 3 is 2.55 bits per heavy atom. The molecule has 0 atom stereocenters. The summed E-state index contributed by atoms with van der Waals surface area (Å²) in [5.41, 5.74) is 1.38.